The second-order valence-electron chi connectivity index (χ2n) is 22.6. The number of rotatable bonds is 10. The Labute approximate surface area is 460 Å². The molecule has 7 N–H and O–H groups in total. The summed E-state index contributed by atoms with van der Waals surface area (Å²) in [5, 5.41) is 15.4. The van der Waals surface area contributed by atoms with Crippen molar-refractivity contribution in [2.24, 2.45) is 0 Å². The molecule has 4 aliphatic rings. The standard InChI is InChI=1S/C35H38N6O2.C30H30N6/c1-35(2,3)43-34(42)41-19-7-11-31(41)33-38-21-30(40-33)27-17-16-24(25-8-4-5-9-26(25)27)22-12-14-23(15-13-22)29-20-37-32(39-29)28-10-6-18-36-28;1-2-6-23-22(5-1)21(13-14-24(23)28-18-34-30(36-28)26-8-4-16-32-26)19-9-11-20(12-10-19)27-17-33-29(35-27)25-7-3-15-31-25/h4-5,8-9,12-17,20-21,28,31,36H,6-7,10-11,18-19H2,1-3H3,(H,37,39)(H,38,40);1-2,5-6,9-14,17-18,25-26,31-32H,3-4,7-8,15-16H2,(H,33,35)(H,34,36)/t28-,31-;25-,26-/m00/s1. The van der Waals surface area contributed by atoms with Gasteiger partial charge in [0.2, 0.25) is 0 Å². The van der Waals surface area contributed by atoms with Crippen LogP contribution in [0.1, 0.15) is 120 Å². The first-order valence-electron chi connectivity index (χ1n) is 28.3. The first kappa shape index (κ1) is 50.3. The molecule has 4 aliphatic heterocycles. The van der Waals surface area contributed by atoms with Gasteiger partial charge in [-0.15, -0.1) is 0 Å². The normalized spacial score (nSPS) is 19.4. The molecule has 79 heavy (non-hydrogen) atoms. The lowest BCUT2D eigenvalue weighted by Gasteiger charge is -2.27. The summed E-state index contributed by atoms with van der Waals surface area (Å²) in [6, 6.07) is 44.4. The molecule has 14 heteroatoms. The molecule has 14 nitrogen and oxygen atoms in total. The molecule has 4 saturated heterocycles. The minimum atomic E-state index is -0.533. The third kappa shape index (κ3) is 10.4. The van der Waals surface area contributed by atoms with Gasteiger partial charge >= 0.3 is 6.09 Å². The Morgan fingerprint density at radius 3 is 1.23 bits per heavy atom. The number of hydrogen-bond donors (Lipinski definition) is 7. The minimum absolute atomic E-state index is 0.118. The van der Waals surface area contributed by atoms with Gasteiger partial charge in [-0.25, -0.2) is 24.7 Å². The van der Waals surface area contributed by atoms with E-state index in [1.807, 2.05) is 45.6 Å². The third-order valence-corrected chi connectivity index (χ3v) is 16.2. The van der Waals surface area contributed by atoms with Crippen LogP contribution in [0.25, 0.3) is 88.8 Å². The number of aromatic nitrogens is 8. The van der Waals surface area contributed by atoms with Crippen molar-refractivity contribution >= 4 is 27.6 Å². The van der Waals surface area contributed by atoms with E-state index in [-0.39, 0.29) is 12.1 Å². The van der Waals surface area contributed by atoms with Crippen molar-refractivity contribution in [2.75, 3.05) is 26.2 Å². The average Bonchev–Trinajstić information content (AvgIpc) is 4.45. The van der Waals surface area contributed by atoms with Crippen LogP contribution in [-0.4, -0.2) is 82.6 Å². The zero-order chi connectivity index (χ0) is 53.5. The molecule has 4 aromatic heterocycles. The Morgan fingerprint density at radius 2 is 0.810 bits per heavy atom. The zero-order valence-corrected chi connectivity index (χ0v) is 45.2. The molecule has 0 saturated carbocycles. The summed E-state index contributed by atoms with van der Waals surface area (Å²) < 4.78 is 5.67. The van der Waals surface area contributed by atoms with Gasteiger partial charge in [0.05, 0.1) is 71.7 Å². The summed E-state index contributed by atoms with van der Waals surface area (Å²) in [7, 11) is 0. The van der Waals surface area contributed by atoms with E-state index in [0.29, 0.717) is 24.7 Å². The number of aromatic amines is 4. The van der Waals surface area contributed by atoms with Crippen LogP contribution in [-0.2, 0) is 4.74 Å². The summed E-state index contributed by atoms with van der Waals surface area (Å²) >= 11 is 0. The van der Waals surface area contributed by atoms with Crippen LogP contribution < -0.4 is 16.0 Å². The first-order valence-corrected chi connectivity index (χ1v) is 28.3. The maximum Gasteiger partial charge on any atom is 0.410 e. The number of imidazole rings is 4. The number of benzene rings is 6. The highest BCUT2D eigenvalue weighted by Crippen LogP contribution is 2.40. The number of nitrogens with one attached hydrogen (secondary N) is 7. The second-order valence-corrected chi connectivity index (χ2v) is 22.6. The Hall–Kier alpha value is -8.17. The number of H-pyrrole nitrogens is 4. The van der Waals surface area contributed by atoms with Crippen molar-refractivity contribution in [3.8, 4) is 67.3 Å². The van der Waals surface area contributed by atoms with Gasteiger partial charge in [-0.3, -0.25) is 4.90 Å². The summed E-state index contributed by atoms with van der Waals surface area (Å²) in [4.78, 5) is 47.5. The van der Waals surface area contributed by atoms with Crippen LogP contribution in [0, 0.1) is 0 Å². The van der Waals surface area contributed by atoms with E-state index in [9.17, 15) is 4.79 Å². The molecule has 0 spiro atoms. The highest BCUT2D eigenvalue weighted by molar-refractivity contribution is 6.05. The Balaban J connectivity index is 0.000000152. The minimum Gasteiger partial charge on any atom is -0.444 e. The molecule has 0 bridgehead atoms. The van der Waals surface area contributed by atoms with Gasteiger partial charge in [-0.1, -0.05) is 121 Å². The molecule has 0 radical (unpaired) electrons. The van der Waals surface area contributed by atoms with E-state index < -0.39 is 5.60 Å². The number of fused-ring (bicyclic) bond motifs is 2. The number of carbonyl (C=O) groups is 1. The largest absolute Gasteiger partial charge is 0.444 e. The topological polar surface area (TPSA) is 180 Å². The van der Waals surface area contributed by atoms with Gasteiger partial charge in [0.15, 0.2) is 0 Å². The van der Waals surface area contributed by atoms with Gasteiger partial charge in [0.25, 0.3) is 0 Å². The predicted molar refractivity (Wildman–Crippen MR) is 314 cm³/mol. The van der Waals surface area contributed by atoms with E-state index in [2.05, 4.69) is 167 Å². The fraction of sp³-hybridized carbons (Fsp3) is 0.308. The predicted octanol–water partition coefficient (Wildman–Crippen LogP) is 13.9. The lowest BCUT2D eigenvalue weighted by atomic mass is 9.93. The molecule has 8 heterocycles. The molecular weight excluding hydrogens is 981 g/mol. The van der Waals surface area contributed by atoms with Crippen molar-refractivity contribution in [1.82, 2.24) is 60.7 Å². The molecule has 10 aromatic rings. The highest BCUT2D eigenvalue weighted by atomic mass is 16.6. The number of likely N-dealkylation sites (tertiary alicyclic amines) is 1. The van der Waals surface area contributed by atoms with E-state index in [4.69, 9.17) is 14.7 Å². The van der Waals surface area contributed by atoms with E-state index in [1.165, 1.54) is 57.7 Å². The number of carbonyl (C=O) groups excluding carboxylic acids is 1. The highest BCUT2D eigenvalue weighted by Gasteiger charge is 2.35. The van der Waals surface area contributed by atoms with Crippen molar-refractivity contribution in [3.63, 3.8) is 0 Å². The zero-order valence-electron chi connectivity index (χ0n) is 45.2. The maximum absolute atomic E-state index is 12.9. The van der Waals surface area contributed by atoms with Crippen LogP contribution in [0.4, 0.5) is 4.79 Å². The van der Waals surface area contributed by atoms with E-state index >= 15 is 0 Å². The fourth-order valence-electron chi connectivity index (χ4n) is 12.2. The summed E-state index contributed by atoms with van der Waals surface area (Å²) in [5.41, 5.74) is 12.9. The van der Waals surface area contributed by atoms with Gasteiger partial charge in [-0.2, -0.15) is 0 Å². The monoisotopic (exact) mass is 1050 g/mol. The smallest absolute Gasteiger partial charge is 0.410 e. The number of ether oxygens (including phenoxy) is 1. The SMILES string of the molecule is CC(C)(C)OC(=O)N1CCC[C@H]1c1ncc(-c2ccc(-c3ccc(-c4cnc([C@@H]5CCCN5)[nH]4)cc3)c3ccccc23)[nH]1.c1ccc2c(-c3cnc([C@@H]4CCCN4)[nH]3)ccc(-c3ccc(-c4cnc([C@@H]5CCCN5)[nH]4)cc3)c2c1. The quantitative estimate of drug-likeness (QED) is 0.0701. The van der Waals surface area contributed by atoms with Gasteiger partial charge < -0.3 is 40.6 Å². The summed E-state index contributed by atoms with van der Waals surface area (Å²) in [5.74, 6) is 3.90. The molecule has 1 amide bonds. The Kier molecular flexibility index (Phi) is 13.7. The van der Waals surface area contributed by atoms with Crippen molar-refractivity contribution in [2.45, 2.75) is 102 Å². The molecule has 400 valence electrons. The van der Waals surface area contributed by atoms with Crippen molar-refractivity contribution in [1.29, 1.82) is 0 Å². The van der Waals surface area contributed by atoms with Crippen LogP contribution in [0.15, 0.2) is 146 Å². The first-order chi connectivity index (χ1) is 38.7. The molecule has 14 rings (SSSR count). The molecule has 0 unspecified atom stereocenters. The average molecular weight is 1050 g/mol. The maximum atomic E-state index is 12.9. The van der Waals surface area contributed by atoms with Crippen LogP contribution in [0.3, 0.4) is 0 Å². The van der Waals surface area contributed by atoms with E-state index in [1.54, 1.807) is 4.90 Å². The van der Waals surface area contributed by atoms with Crippen molar-refractivity contribution in [3.05, 3.63) is 169 Å². The third-order valence-electron chi connectivity index (χ3n) is 16.2. The van der Waals surface area contributed by atoms with E-state index in [0.717, 1.165) is 125 Å². The number of amides is 1. The molecule has 6 aromatic carbocycles. The van der Waals surface area contributed by atoms with Crippen LogP contribution >= 0.6 is 0 Å². The molecule has 4 atom stereocenters. The van der Waals surface area contributed by atoms with Gasteiger partial charge in [0.1, 0.15) is 28.9 Å². The lowest BCUT2D eigenvalue weighted by molar-refractivity contribution is 0.0218. The summed E-state index contributed by atoms with van der Waals surface area (Å²) in [6.45, 7) is 9.55. The van der Waals surface area contributed by atoms with Crippen LogP contribution in [0.5, 0.6) is 0 Å². The fourth-order valence-corrected chi connectivity index (χ4v) is 12.2. The van der Waals surface area contributed by atoms with Gasteiger partial charge in [-0.05, 0) is 147 Å². The number of hydrogen-bond acceptors (Lipinski definition) is 9. The molecule has 4 fully saturated rings. The lowest BCUT2D eigenvalue weighted by Crippen LogP contribution is -2.36. The van der Waals surface area contributed by atoms with Crippen LogP contribution in [0.2, 0.25) is 0 Å². The summed E-state index contributed by atoms with van der Waals surface area (Å²) in [6.07, 6.45) is 16.3. The Morgan fingerprint density at radius 1 is 0.443 bits per heavy atom. The van der Waals surface area contributed by atoms with Crippen molar-refractivity contribution < 1.29 is 9.53 Å². The molecular formula is C65H68N12O2. The number of nitrogens with zero attached hydrogens (tertiary/aromatic N) is 5. The molecule has 0 aliphatic carbocycles. The Bertz CT molecular complexity index is 3750. The second kappa shape index (κ2) is 21.6. The van der Waals surface area contributed by atoms with Gasteiger partial charge in [0, 0.05) is 17.7 Å².